The first-order chi connectivity index (χ1) is 16.9. The second kappa shape index (κ2) is 10.6. The molecular weight excluding hydrogens is 460 g/mol. The van der Waals surface area contributed by atoms with Gasteiger partial charge in [0, 0.05) is 59.6 Å². The van der Waals surface area contributed by atoms with Crippen LogP contribution in [0, 0.1) is 13.8 Å². The van der Waals surface area contributed by atoms with Crippen LogP contribution in [0.15, 0.2) is 78.5 Å². The summed E-state index contributed by atoms with van der Waals surface area (Å²) >= 11 is 6.52. The predicted octanol–water partition coefficient (Wildman–Crippen LogP) is 5.44. The van der Waals surface area contributed by atoms with E-state index >= 15 is 0 Å². The average molecular weight is 487 g/mol. The van der Waals surface area contributed by atoms with Crippen molar-refractivity contribution in [2.45, 2.75) is 27.0 Å². The summed E-state index contributed by atoms with van der Waals surface area (Å²) in [5.74, 6) is 0.646. The minimum atomic E-state index is -0.0778. The Morgan fingerprint density at radius 1 is 1.23 bits per heavy atom. The van der Waals surface area contributed by atoms with Gasteiger partial charge >= 0.3 is 0 Å². The maximum atomic E-state index is 12.4. The molecule has 178 valence electrons. The molecule has 35 heavy (non-hydrogen) atoms. The van der Waals surface area contributed by atoms with Crippen LogP contribution < -0.4 is 15.6 Å². The summed E-state index contributed by atoms with van der Waals surface area (Å²) in [6.07, 6.45) is 8.76. The Labute approximate surface area is 209 Å². The topological polar surface area (TPSA) is 69.0 Å². The Bertz CT molecular complexity index is 1490. The molecule has 0 aliphatic rings. The highest BCUT2D eigenvalue weighted by Crippen LogP contribution is 2.31. The quantitative estimate of drug-likeness (QED) is 0.336. The van der Waals surface area contributed by atoms with Gasteiger partial charge in [-0.1, -0.05) is 36.4 Å². The van der Waals surface area contributed by atoms with E-state index in [1.54, 1.807) is 35.3 Å². The monoisotopic (exact) mass is 486 g/mol. The molecular formula is C28H27ClN4O2. The van der Waals surface area contributed by atoms with Crippen LogP contribution >= 0.6 is 11.6 Å². The van der Waals surface area contributed by atoms with Gasteiger partial charge in [-0.2, -0.15) is 0 Å². The predicted molar refractivity (Wildman–Crippen MR) is 142 cm³/mol. The lowest BCUT2D eigenvalue weighted by Gasteiger charge is -2.16. The zero-order valence-electron chi connectivity index (χ0n) is 20.0. The number of benzene rings is 1. The van der Waals surface area contributed by atoms with Crippen molar-refractivity contribution in [3.63, 3.8) is 0 Å². The number of para-hydroxylation sites is 1. The molecule has 4 rings (SSSR count). The smallest absolute Gasteiger partial charge is 0.251 e. The van der Waals surface area contributed by atoms with E-state index in [0.29, 0.717) is 17.3 Å². The van der Waals surface area contributed by atoms with Gasteiger partial charge in [0.1, 0.15) is 17.9 Å². The molecule has 0 unspecified atom stereocenters. The van der Waals surface area contributed by atoms with E-state index in [9.17, 15) is 4.79 Å². The van der Waals surface area contributed by atoms with Gasteiger partial charge < -0.3 is 14.6 Å². The van der Waals surface area contributed by atoms with Gasteiger partial charge in [0.05, 0.1) is 11.6 Å². The summed E-state index contributed by atoms with van der Waals surface area (Å²) in [7, 11) is 1.88. The summed E-state index contributed by atoms with van der Waals surface area (Å²) < 4.78 is 7.90. The number of nitrogens with one attached hydrogen (secondary N) is 1. The molecule has 1 N–H and O–H groups in total. The molecule has 0 bridgehead atoms. The molecule has 0 aliphatic heterocycles. The van der Waals surface area contributed by atoms with E-state index in [4.69, 9.17) is 21.3 Å². The van der Waals surface area contributed by atoms with Gasteiger partial charge in [-0.05, 0) is 49.2 Å². The van der Waals surface area contributed by atoms with Crippen molar-refractivity contribution in [3.8, 4) is 5.75 Å². The van der Waals surface area contributed by atoms with Gasteiger partial charge in [-0.15, -0.1) is 0 Å². The van der Waals surface area contributed by atoms with Crippen molar-refractivity contribution in [3.05, 3.63) is 117 Å². The van der Waals surface area contributed by atoms with Crippen LogP contribution in [0.2, 0.25) is 5.02 Å². The maximum Gasteiger partial charge on any atom is 0.251 e. The molecule has 3 heterocycles. The fraction of sp³-hybridized carbons (Fsp3) is 0.179. The zero-order chi connectivity index (χ0) is 24.9. The number of aromatic nitrogens is 3. The molecule has 6 nitrogen and oxygen atoms in total. The number of allylic oxidation sites excluding steroid dienone is 2. The Balaban J connectivity index is 1.70. The molecule has 0 saturated carbocycles. The standard InChI is InChI=1S/C28H27ClN4O2/c1-5-7-25(30-4)22-13-19(3)32-28-21(22)8-6-9-26(28)35-17-23-20(14-31-15-24(23)29)16-33-11-10-18(2)12-27(33)34/h5-15,30H,1,16-17H2,2-4H3/b25-7-. The van der Waals surface area contributed by atoms with Crippen molar-refractivity contribution in [2.24, 2.45) is 0 Å². The normalized spacial score (nSPS) is 11.5. The molecule has 0 saturated heterocycles. The number of halogens is 1. The molecule has 7 heteroatoms. The van der Waals surface area contributed by atoms with Crippen molar-refractivity contribution in [2.75, 3.05) is 7.05 Å². The van der Waals surface area contributed by atoms with Crippen molar-refractivity contribution in [1.82, 2.24) is 19.9 Å². The molecule has 0 amide bonds. The van der Waals surface area contributed by atoms with E-state index in [-0.39, 0.29) is 12.2 Å². The highest BCUT2D eigenvalue weighted by molar-refractivity contribution is 6.31. The van der Waals surface area contributed by atoms with Crippen LogP contribution in [0.3, 0.4) is 0 Å². The number of nitrogens with zero attached hydrogens (tertiary/aromatic N) is 3. The van der Waals surface area contributed by atoms with Crippen LogP contribution in [0.25, 0.3) is 16.6 Å². The van der Waals surface area contributed by atoms with Crippen LogP contribution in [-0.2, 0) is 13.2 Å². The Kier molecular flexibility index (Phi) is 7.32. The first-order valence-electron chi connectivity index (χ1n) is 11.2. The van der Waals surface area contributed by atoms with E-state index in [0.717, 1.165) is 44.5 Å². The average Bonchev–Trinajstić information content (AvgIpc) is 2.83. The number of ether oxygens (including phenoxy) is 1. The molecule has 0 radical (unpaired) electrons. The number of pyridine rings is 3. The first kappa shape index (κ1) is 24.2. The van der Waals surface area contributed by atoms with Crippen molar-refractivity contribution >= 4 is 28.2 Å². The zero-order valence-corrected chi connectivity index (χ0v) is 20.8. The highest BCUT2D eigenvalue weighted by Gasteiger charge is 2.14. The number of fused-ring (bicyclic) bond motifs is 1. The first-order valence-corrected chi connectivity index (χ1v) is 11.6. The second-order valence-corrected chi connectivity index (χ2v) is 8.65. The van der Waals surface area contributed by atoms with Gasteiger partial charge in [0.25, 0.3) is 5.56 Å². The molecule has 3 aromatic heterocycles. The van der Waals surface area contributed by atoms with Crippen molar-refractivity contribution < 1.29 is 4.74 Å². The van der Waals surface area contributed by atoms with Crippen LogP contribution in [0.5, 0.6) is 5.75 Å². The molecule has 0 aliphatic carbocycles. The molecule has 0 atom stereocenters. The molecule has 0 fully saturated rings. The van der Waals surface area contributed by atoms with Gasteiger partial charge in [0.2, 0.25) is 0 Å². The van der Waals surface area contributed by atoms with Crippen LogP contribution in [-0.4, -0.2) is 21.6 Å². The Hall–Kier alpha value is -3.90. The number of hydrogen-bond acceptors (Lipinski definition) is 5. The van der Waals surface area contributed by atoms with E-state index in [2.05, 4.69) is 16.9 Å². The second-order valence-electron chi connectivity index (χ2n) is 8.25. The third kappa shape index (κ3) is 5.28. The van der Waals surface area contributed by atoms with Crippen LogP contribution in [0.1, 0.15) is 27.9 Å². The number of hydrogen-bond donors (Lipinski definition) is 1. The summed E-state index contributed by atoms with van der Waals surface area (Å²) in [4.78, 5) is 21.4. The van der Waals surface area contributed by atoms with Crippen LogP contribution in [0.4, 0.5) is 0 Å². The van der Waals surface area contributed by atoms with E-state index < -0.39 is 0 Å². The summed E-state index contributed by atoms with van der Waals surface area (Å²) in [6, 6.07) is 11.4. The summed E-state index contributed by atoms with van der Waals surface area (Å²) in [6.45, 7) is 8.23. The minimum absolute atomic E-state index is 0.0778. The van der Waals surface area contributed by atoms with Gasteiger partial charge in [0.15, 0.2) is 0 Å². The fourth-order valence-electron chi connectivity index (χ4n) is 3.99. The SMILES string of the molecule is C=C/C=C(\NC)c1cc(C)nc2c(OCc3c(Cl)cncc3Cn3ccc(C)cc3=O)cccc12. The lowest BCUT2D eigenvalue weighted by atomic mass is 10.0. The summed E-state index contributed by atoms with van der Waals surface area (Å²) in [5, 5.41) is 4.68. The largest absolute Gasteiger partial charge is 0.487 e. The molecule has 4 aromatic rings. The summed E-state index contributed by atoms with van der Waals surface area (Å²) in [5.41, 5.74) is 6.02. The lowest BCUT2D eigenvalue weighted by Crippen LogP contribution is -2.20. The fourth-order valence-corrected chi connectivity index (χ4v) is 4.22. The number of rotatable bonds is 8. The Morgan fingerprint density at radius 2 is 2.06 bits per heavy atom. The number of aryl methyl sites for hydroxylation is 2. The Morgan fingerprint density at radius 3 is 2.80 bits per heavy atom. The maximum absolute atomic E-state index is 12.4. The molecule has 0 spiro atoms. The minimum Gasteiger partial charge on any atom is -0.487 e. The third-order valence-corrected chi connectivity index (χ3v) is 6.06. The highest BCUT2D eigenvalue weighted by atomic mass is 35.5. The molecule has 1 aromatic carbocycles. The van der Waals surface area contributed by atoms with E-state index in [1.165, 1.54) is 0 Å². The van der Waals surface area contributed by atoms with E-state index in [1.807, 2.05) is 57.3 Å². The van der Waals surface area contributed by atoms with Gasteiger partial charge in [-0.3, -0.25) is 9.78 Å². The van der Waals surface area contributed by atoms with Crippen molar-refractivity contribution in [1.29, 1.82) is 0 Å². The lowest BCUT2D eigenvalue weighted by molar-refractivity contribution is 0.307. The third-order valence-electron chi connectivity index (χ3n) is 5.73. The van der Waals surface area contributed by atoms with Gasteiger partial charge in [-0.25, -0.2) is 4.98 Å².